The monoisotopic (exact) mass is 720 g/mol. The van der Waals surface area contributed by atoms with Crippen molar-refractivity contribution in [3.05, 3.63) is 37.4 Å². The number of hydrogen-bond donors (Lipinski definition) is 0. The van der Waals surface area contributed by atoms with Gasteiger partial charge in [0.15, 0.2) is 0 Å². The third kappa shape index (κ3) is 28.2. The van der Waals surface area contributed by atoms with Gasteiger partial charge < -0.3 is 49.6 Å². The molecule has 0 atom stereocenters. The second-order valence-electron chi connectivity index (χ2n) is 10.0. The van der Waals surface area contributed by atoms with Crippen molar-refractivity contribution in [2.45, 2.75) is 157 Å². The van der Waals surface area contributed by atoms with Crippen LogP contribution in [0.4, 0.5) is 0 Å². The largest absolute Gasteiger partial charge is 2.00 e. The van der Waals surface area contributed by atoms with Crippen LogP contribution < -0.4 is 58.8 Å². The average molecular weight is 723 g/mol. The van der Waals surface area contributed by atoms with E-state index in [2.05, 4.69) is 83.4 Å². The molecule has 0 aliphatic heterocycles. The molecule has 0 bridgehead atoms. The Morgan fingerprint density at radius 2 is 0.744 bits per heavy atom. The summed E-state index contributed by atoms with van der Waals surface area (Å²) < 4.78 is 9.32. The molecule has 0 fully saturated rings. The maximum Gasteiger partial charge on any atom is 2.00 e. The van der Waals surface area contributed by atoms with Crippen LogP contribution in [0, 0.1) is 0 Å². The number of imidazole rings is 2. The van der Waals surface area contributed by atoms with Crippen molar-refractivity contribution in [2.75, 3.05) is 0 Å². The van der Waals surface area contributed by atoms with Crippen LogP contribution >= 0.6 is 0 Å². The van der Waals surface area contributed by atoms with Gasteiger partial charge in [-0.3, -0.25) is 0 Å². The molecule has 0 N–H and O–H groups in total. The van der Waals surface area contributed by atoms with Crippen molar-refractivity contribution in [3.63, 3.8) is 0 Å². The summed E-state index contributed by atoms with van der Waals surface area (Å²) in [5, 5.41) is 0. The Morgan fingerprint density at radius 1 is 0.436 bits per heavy atom. The molecule has 2 aromatic rings. The summed E-state index contributed by atoms with van der Waals surface area (Å²) in [7, 11) is 0. The van der Waals surface area contributed by atoms with Crippen molar-refractivity contribution in [1.82, 2.24) is 9.13 Å². The van der Waals surface area contributed by atoms with Crippen LogP contribution in [0.15, 0.2) is 37.4 Å². The minimum atomic E-state index is 0. The van der Waals surface area contributed by atoms with Gasteiger partial charge in [0.05, 0.1) is 26.2 Å². The van der Waals surface area contributed by atoms with Crippen LogP contribution in [0.5, 0.6) is 0 Å². The molecule has 2 aromatic heterocycles. The van der Waals surface area contributed by atoms with E-state index in [-0.39, 0.29) is 70.1 Å². The van der Waals surface area contributed by atoms with E-state index in [1.54, 1.807) is 0 Å². The Labute approximate surface area is 280 Å². The van der Waals surface area contributed by atoms with Crippen molar-refractivity contribution in [2.24, 2.45) is 0 Å². The fourth-order valence-electron chi connectivity index (χ4n) is 4.29. The second kappa shape index (κ2) is 36.3. The Kier molecular flexibility index (Phi) is 45.5. The maximum atomic E-state index is 2.33. The second-order valence-corrected chi connectivity index (χ2v) is 10.0. The number of hydrogen-bond acceptors (Lipinski definition) is 0. The van der Waals surface area contributed by atoms with Crippen LogP contribution in [0.2, 0.25) is 0 Å². The molecule has 4 nitrogen and oxygen atoms in total. The smallest absolute Gasteiger partial charge is 1.00 e. The SMILES string of the molecule is CCCCCCn1cc[n+](CCCCCC)c1.CCCCCCn1cc[n+](CCCCCC)c1.[Cl-].[Cl-].[Cl-].[Cl-].[Pd+2]. The minimum Gasteiger partial charge on any atom is -1.00 e. The number of halogens is 4. The third-order valence-corrected chi connectivity index (χ3v) is 6.57. The fraction of sp³-hybridized carbons (Fsp3) is 0.800. The molecule has 9 heteroatoms. The van der Waals surface area contributed by atoms with Gasteiger partial charge >= 0.3 is 20.4 Å². The Morgan fingerprint density at radius 3 is 1.05 bits per heavy atom. The van der Waals surface area contributed by atoms with Gasteiger partial charge in [-0.2, -0.15) is 0 Å². The Hall–Kier alpha value is 0.242. The number of unbranched alkanes of at least 4 members (excludes halogenated alkanes) is 12. The predicted octanol–water partition coefficient (Wildman–Crippen LogP) is -4.11. The van der Waals surface area contributed by atoms with Crippen molar-refractivity contribution in [3.8, 4) is 0 Å². The molecule has 0 saturated carbocycles. The molecule has 0 unspecified atom stereocenters. The number of nitrogens with zero attached hydrogens (tertiary/aromatic N) is 4. The summed E-state index contributed by atoms with van der Waals surface area (Å²) in [5.41, 5.74) is 0. The van der Waals surface area contributed by atoms with Gasteiger partial charge in [0.1, 0.15) is 24.8 Å². The summed E-state index contributed by atoms with van der Waals surface area (Å²) in [4.78, 5) is 0. The molecule has 0 aliphatic carbocycles. The van der Waals surface area contributed by atoms with E-state index in [1.165, 1.54) is 129 Å². The topological polar surface area (TPSA) is 17.6 Å². The first-order chi connectivity index (χ1) is 16.7. The third-order valence-electron chi connectivity index (χ3n) is 6.57. The molecule has 0 aromatic carbocycles. The van der Waals surface area contributed by atoms with Gasteiger partial charge in [-0.25, -0.2) is 18.3 Å². The van der Waals surface area contributed by atoms with Crippen LogP contribution in [0.25, 0.3) is 0 Å². The van der Waals surface area contributed by atoms with Crippen LogP contribution in [0.3, 0.4) is 0 Å². The van der Waals surface area contributed by atoms with Gasteiger partial charge in [-0.05, 0) is 51.4 Å². The van der Waals surface area contributed by atoms with E-state index >= 15 is 0 Å². The van der Waals surface area contributed by atoms with E-state index < -0.39 is 0 Å². The van der Waals surface area contributed by atoms with Crippen molar-refractivity contribution < 1.29 is 79.2 Å². The Balaban J connectivity index is -0.000000175. The molecule has 39 heavy (non-hydrogen) atoms. The molecule has 2 heterocycles. The zero-order valence-corrected chi connectivity index (χ0v) is 29.8. The molecule has 0 amide bonds. The first kappa shape index (κ1) is 48.9. The van der Waals surface area contributed by atoms with E-state index in [4.69, 9.17) is 0 Å². The first-order valence-corrected chi connectivity index (χ1v) is 14.8. The van der Waals surface area contributed by atoms with Crippen LogP contribution in [0.1, 0.15) is 130 Å². The maximum absolute atomic E-state index is 2.33. The molecule has 2 rings (SSSR count). The zero-order chi connectivity index (χ0) is 24.7. The van der Waals surface area contributed by atoms with Gasteiger partial charge in [-0.15, -0.1) is 0 Å². The average Bonchev–Trinajstić information content (AvgIpc) is 3.50. The van der Waals surface area contributed by atoms with Gasteiger partial charge in [-0.1, -0.05) is 79.1 Å². The number of aromatic nitrogens is 4. The van der Waals surface area contributed by atoms with E-state index in [0.717, 1.165) is 0 Å². The molecular formula is C30H58Cl4N4Pd. The molecule has 0 aliphatic rings. The standard InChI is InChI=1S/2C15H29N2.4ClH.Pd/c2*1-3-5-7-9-11-16-13-14-17(15-16)12-10-8-6-4-2;;;;;/h2*13-15H,3-12H2,1-2H3;4*1H;/q2*+1;;;;;+2/p-4. The predicted molar refractivity (Wildman–Crippen MR) is 146 cm³/mol. The summed E-state index contributed by atoms with van der Waals surface area (Å²) in [6.07, 6.45) is 34.9. The summed E-state index contributed by atoms with van der Waals surface area (Å²) in [6, 6.07) is 0. The zero-order valence-electron chi connectivity index (χ0n) is 25.2. The van der Waals surface area contributed by atoms with E-state index in [0.29, 0.717) is 0 Å². The summed E-state index contributed by atoms with van der Waals surface area (Å²) in [5.74, 6) is 0. The first-order valence-electron chi connectivity index (χ1n) is 14.8. The molecule has 0 spiro atoms. The van der Waals surface area contributed by atoms with Crippen LogP contribution in [-0.4, -0.2) is 9.13 Å². The fourth-order valence-corrected chi connectivity index (χ4v) is 4.29. The van der Waals surface area contributed by atoms with Crippen molar-refractivity contribution >= 4 is 0 Å². The summed E-state index contributed by atoms with van der Waals surface area (Å²) >= 11 is 0. The van der Waals surface area contributed by atoms with E-state index in [9.17, 15) is 0 Å². The van der Waals surface area contributed by atoms with Gasteiger partial charge in [0.2, 0.25) is 12.7 Å². The summed E-state index contributed by atoms with van der Waals surface area (Å²) in [6.45, 7) is 13.8. The van der Waals surface area contributed by atoms with Crippen LogP contribution in [-0.2, 0) is 46.6 Å². The Bertz CT molecular complexity index is 587. The number of aryl methyl sites for hydroxylation is 4. The molecule has 0 saturated heterocycles. The van der Waals surface area contributed by atoms with Gasteiger partial charge in [0.25, 0.3) is 0 Å². The van der Waals surface area contributed by atoms with E-state index in [1.807, 2.05) is 0 Å². The minimum absolute atomic E-state index is 0. The van der Waals surface area contributed by atoms with Gasteiger partial charge in [0, 0.05) is 0 Å². The number of rotatable bonds is 20. The molecule has 236 valence electrons. The van der Waals surface area contributed by atoms with Crippen molar-refractivity contribution in [1.29, 1.82) is 0 Å². The molecular weight excluding hydrogens is 665 g/mol. The molecule has 0 radical (unpaired) electrons. The normalized spacial score (nSPS) is 9.54. The quantitative estimate of drug-likeness (QED) is 0.0753.